The Labute approximate surface area is 115 Å². The molecule has 2 atom stereocenters. The van der Waals surface area contributed by atoms with E-state index in [4.69, 9.17) is 10.5 Å². The number of nitrogens with zero attached hydrogens (tertiary/aromatic N) is 2. The Bertz CT molecular complexity index is 308. The number of nitrogens with two attached hydrogens (primary N) is 1. The lowest BCUT2D eigenvalue weighted by Crippen LogP contribution is -2.54. The lowest BCUT2D eigenvalue weighted by molar-refractivity contribution is -0.134. The standard InChI is InChI=1S/C14H25N3O2/c1-2-4-13(15)14(18)17-8-6-16(7-9-17)11-12-5-3-10-19-12/h2,12-13H,1,3-11,15H2. The van der Waals surface area contributed by atoms with Gasteiger partial charge in [-0.3, -0.25) is 9.69 Å². The smallest absolute Gasteiger partial charge is 0.239 e. The SMILES string of the molecule is C=CCC(N)C(=O)N1CCN(CC2CCCO2)CC1. The quantitative estimate of drug-likeness (QED) is 0.724. The summed E-state index contributed by atoms with van der Waals surface area (Å²) >= 11 is 0. The Balaban J connectivity index is 1.72. The van der Waals surface area contributed by atoms with Crippen LogP contribution in [0.5, 0.6) is 0 Å². The maximum atomic E-state index is 12.0. The van der Waals surface area contributed by atoms with Gasteiger partial charge < -0.3 is 15.4 Å². The molecule has 2 unspecified atom stereocenters. The molecule has 108 valence electrons. The van der Waals surface area contributed by atoms with Crippen LogP contribution in [0.1, 0.15) is 19.3 Å². The fraction of sp³-hybridized carbons (Fsp3) is 0.786. The van der Waals surface area contributed by atoms with Gasteiger partial charge in [0.15, 0.2) is 0 Å². The summed E-state index contributed by atoms with van der Waals surface area (Å²) < 4.78 is 5.65. The Morgan fingerprint density at radius 3 is 2.74 bits per heavy atom. The first-order valence-corrected chi connectivity index (χ1v) is 7.20. The number of piperazine rings is 1. The van der Waals surface area contributed by atoms with Crippen LogP contribution in [0.3, 0.4) is 0 Å². The highest BCUT2D eigenvalue weighted by molar-refractivity contribution is 5.81. The van der Waals surface area contributed by atoms with E-state index in [1.165, 1.54) is 12.8 Å². The van der Waals surface area contributed by atoms with E-state index in [2.05, 4.69) is 11.5 Å². The second-order valence-electron chi connectivity index (χ2n) is 5.39. The largest absolute Gasteiger partial charge is 0.377 e. The van der Waals surface area contributed by atoms with Crippen molar-refractivity contribution in [2.24, 2.45) is 5.73 Å². The third-order valence-electron chi connectivity index (χ3n) is 3.91. The lowest BCUT2D eigenvalue weighted by atomic mass is 10.1. The number of carbonyl (C=O) groups is 1. The van der Waals surface area contributed by atoms with Crippen LogP contribution < -0.4 is 5.73 Å². The van der Waals surface area contributed by atoms with Crippen molar-refractivity contribution in [2.75, 3.05) is 39.3 Å². The monoisotopic (exact) mass is 267 g/mol. The number of ether oxygens (including phenoxy) is 1. The van der Waals surface area contributed by atoms with E-state index >= 15 is 0 Å². The van der Waals surface area contributed by atoms with Gasteiger partial charge in [-0.05, 0) is 19.3 Å². The maximum Gasteiger partial charge on any atom is 0.239 e. The van der Waals surface area contributed by atoms with Crippen molar-refractivity contribution in [2.45, 2.75) is 31.4 Å². The maximum absolute atomic E-state index is 12.0. The minimum Gasteiger partial charge on any atom is -0.377 e. The van der Waals surface area contributed by atoms with Crippen molar-refractivity contribution >= 4 is 5.91 Å². The second kappa shape index (κ2) is 7.03. The molecule has 2 saturated heterocycles. The number of hydrogen-bond donors (Lipinski definition) is 1. The summed E-state index contributed by atoms with van der Waals surface area (Å²) in [7, 11) is 0. The van der Waals surface area contributed by atoms with Gasteiger partial charge in [-0.1, -0.05) is 6.08 Å². The molecule has 0 aromatic rings. The van der Waals surface area contributed by atoms with Crippen LogP contribution in [-0.2, 0) is 9.53 Å². The van der Waals surface area contributed by atoms with Gasteiger partial charge in [0.05, 0.1) is 12.1 Å². The van der Waals surface area contributed by atoms with Gasteiger partial charge in [-0.15, -0.1) is 6.58 Å². The van der Waals surface area contributed by atoms with Gasteiger partial charge in [0.2, 0.25) is 5.91 Å². The normalized spacial score (nSPS) is 26.4. The van der Waals surface area contributed by atoms with Gasteiger partial charge in [-0.25, -0.2) is 0 Å². The zero-order valence-electron chi connectivity index (χ0n) is 11.6. The van der Waals surface area contributed by atoms with Gasteiger partial charge in [0.25, 0.3) is 0 Å². The Morgan fingerprint density at radius 2 is 2.16 bits per heavy atom. The van der Waals surface area contributed by atoms with Crippen LogP contribution in [-0.4, -0.2) is 67.2 Å². The average Bonchev–Trinajstić information content (AvgIpc) is 2.92. The van der Waals surface area contributed by atoms with Crippen molar-refractivity contribution < 1.29 is 9.53 Å². The first-order valence-electron chi connectivity index (χ1n) is 7.20. The molecule has 2 aliphatic rings. The predicted octanol–water partition coefficient (Wildman–Crippen LogP) is 0.213. The van der Waals surface area contributed by atoms with E-state index in [1.807, 2.05) is 4.90 Å². The summed E-state index contributed by atoms with van der Waals surface area (Å²) in [6.07, 6.45) is 5.00. The third kappa shape index (κ3) is 4.03. The molecule has 2 heterocycles. The van der Waals surface area contributed by atoms with Crippen molar-refractivity contribution in [3.63, 3.8) is 0 Å². The molecule has 2 rings (SSSR count). The van der Waals surface area contributed by atoms with Gasteiger partial charge >= 0.3 is 0 Å². The van der Waals surface area contributed by atoms with Gasteiger partial charge in [0, 0.05) is 39.3 Å². The highest BCUT2D eigenvalue weighted by Gasteiger charge is 2.26. The van der Waals surface area contributed by atoms with E-state index in [0.29, 0.717) is 12.5 Å². The van der Waals surface area contributed by atoms with E-state index in [1.54, 1.807) is 6.08 Å². The summed E-state index contributed by atoms with van der Waals surface area (Å²) in [4.78, 5) is 16.3. The fourth-order valence-electron chi connectivity index (χ4n) is 2.74. The summed E-state index contributed by atoms with van der Waals surface area (Å²) in [6.45, 7) is 8.92. The Kier molecular flexibility index (Phi) is 5.36. The van der Waals surface area contributed by atoms with Crippen LogP contribution in [0.2, 0.25) is 0 Å². The first kappa shape index (κ1) is 14.5. The number of carbonyl (C=O) groups excluding carboxylic acids is 1. The lowest BCUT2D eigenvalue weighted by Gasteiger charge is -2.36. The van der Waals surface area contributed by atoms with Crippen LogP contribution >= 0.6 is 0 Å². The first-order chi connectivity index (χ1) is 9.20. The molecule has 1 amide bonds. The van der Waals surface area contributed by atoms with E-state index in [-0.39, 0.29) is 5.91 Å². The number of hydrogen-bond acceptors (Lipinski definition) is 4. The zero-order chi connectivity index (χ0) is 13.7. The highest BCUT2D eigenvalue weighted by Crippen LogP contribution is 2.14. The predicted molar refractivity (Wildman–Crippen MR) is 74.8 cm³/mol. The van der Waals surface area contributed by atoms with E-state index in [0.717, 1.165) is 39.3 Å². The number of amides is 1. The molecular formula is C14H25N3O2. The van der Waals surface area contributed by atoms with Gasteiger partial charge in [-0.2, -0.15) is 0 Å². The topological polar surface area (TPSA) is 58.8 Å². The molecule has 5 heteroatoms. The van der Waals surface area contributed by atoms with Crippen LogP contribution in [0.15, 0.2) is 12.7 Å². The van der Waals surface area contributed by atoms with Crippen LogP contribution in [0.4, 0.5) is 0 Å². The molecule has 0 saturated carbocycles. The third-order valence-corrected chi connectivity index (χ3v) is 3.91. The van der Waals surface area contributed by atoms with Crippen LogP contribution in [0.25, 0.3) is 0 Å². The Hall–Kier alpha value is -0.910. The zero-order valence-corrected chi connectivity index (χ0v) is 11.6. The highest BCUT2D eigenvalue weighted by atomic mass is 16.5. The summed E-state index contributed by atoms with van der Waals surface area (Å²) in [5, 5.41) is 0. The minimum absolute atomic E-state index is 0.0525. The molecule has 0 radical (unpaired) electrons. The summed E-state index contributed by atoms with van der Waals surface area (Å²) in [5.41, 5.74) is 5.83. The minimum atomic E-state index is -0.429. The Morgan fingerprint density at radius 1 is 1.42 bits per heavy atom. The van der Waals surface area contributed by atoms with E-state index in [9.17, 15) is 4.79 Å². The molecule has 0 aliphatic carbocycles. The molecule has 0 spiro atoms. The average molecular weight is 267 g/mol. The second-order valence-corrected chi connectivity index (χ2v) is 5.39. The molecular weight excluding hydrogens is 242 g/mol. The van der Waals surface area contributed by atoms with Crippen molar-refractivity contribution in [1.82, 2.24) is 9.80 Å². The fourth-order valence-corrected chi connectivity index (χ4v) is 2.74. The molecule has 0 aromatic carbocycles. The molecule has 2 aliphatic heterocycles. The van der Waals surface area contributed by atoms with E-state index < -0.39 is 6.04 Å². The van der Waals surface area contributed by atoms with Crippen LogP contribution in [0, 0.1) is 0 Å². The molecule has 19 heavy (non-hydrogen) atoms. The summed E-state index contributed by atoms with van der Waals surface area (Å²) in [5.74, 6) is 0.0525. The molecule has 0 bridgehead atoms. The molecule has 2 fully saturated rings. The molecule has 2 N–H and O–H groups in total. The van der Waals surface area contributed by atoms with Gasteiger partial charge in [0.1, 0.15) is 0 Å². The van der Waals surface area contributed by atoms with Crippen molar-refractivity contribution in [1.29, 1.82) is 0 Å². The van der Waals surface area contributed by atoms with Crippen molar-refractivity contribution in [3.05, 3.63) is 12.7 Å². The molecule has 5 nitrogen and oxygen atoms in total. The summed E-state index contributed by atoms with van der Waals surface area (Å²) in [6, 6.07) is -0.429. The number of rotatable bonds is 5. The van der Waals surface area contributed by atoms with Crippen molar-refractivity contribution in [3.8, 4) is 0 Å². The molecule has 0 aromatic heterocycles.